The van der Waals surface area contributed by atoms with Crippen molar-refractivity contribution in [2.24, 2.45) is 5.92 Å². The van der Waals surface area contributed by atoms with E-state index >= 15 is 0 Å². The minimum atomic E-state index is -0.507. The molecule has 0 aliphatic rings. The van der Waals surface area contributed by atoms with E-state index in [9.17, 15) is 4.79 Å². The molecule has 0 bridgehead atoms. The van der Waals surface area contributed by atoms with E-state index in [2.05, 4.69) is 0 Å². The summed E-state index contributed by atoms with van der Waals surface area (Å²) in [7, 11) is 0. The van der Waals surface area contributed by atoms with Crippen molar-refractivity contribution in [3.63, 3.8) is 0 Å². The van der Waals surface area contributed by atoms with Crippen LogP contribution in [0.3, 0.4) is 0 Å². The number of Topliss-reactive ketones (excluding diaryl/α,β-unsaturated/α-hetero) is 1. The fourth-order valence-electron chi connectivity index (χ4n) is 0.340. The number of aliphatic hydroxyl groups excluding tert-OH is 1. The third-order valence-electron chi connectivity index (χ3n) is 1.36. The van der Waals surface area contributed by atoms with E-state index in [1.54, 1.807) is 13.8 Å². The third kappa shape index (κ3) is 2.07. The van der Waals surface area contributed by atoms with Crippen LogP contribution in [-0.2, 0) is 4.79 Å². The van der Waals surface area contributed by atoms with Crippen molar-refractivity contribution in [1.29, 1.82) is 0 Å². The van der Waals surface area contributed by atoms with Crippen LogP contribution in [0.5, 0.6) is 0 Å². The van der Waals surface area contributed by atoms with E-state index in [0.29, 0.717) is 0 Å². The molecule has 0 aromatic rings. The van der Waals surface area contributed by atoms with Crippen molar-refractivity contribution in [3.8, 4) is 0 Å². The molecule has 0 spiro atoms. The first-order chi connectivity index (χ1) is 3.55. The lowest BCUT2D eigenvalue weighted by Gasteiger charge is -2.08. The molecule has 0 aromatic carbocycles. The van der Waals surface area contributed by atoms with Crippen LogP contribution in [0.2, 0.25) is 0 Å². The molecule has 0 saturated heterocycles. The van der Waals surface area contributed by atoms with Gasteiger partial charge in [-0.15, -0.1) is 0 Å². The van der Waals surface area contributed by atoms with Crippen molar-refractivity contribution in [2.75, 3.05) is 0 Å². The Hall–Kier alpha value is -0.370. The van der Waals surface area contributed by atoms with Gasteiger partial charge in [0.25, 0.3) is 0 Å². The second-order valence-electron chi connectivity index (χ2n) is 2.14. The second kappa shape index (κ2) is 2.82. The van der Waals surface area contributed by atoms with Crippen molar-refractivity contribution in [3.05, 3.63) is 0 Å². The van der Waals surface area contributed by atoms with Gasteiger partial charge in [0.05, 0.1) is 6.10 Å². The maximum atomic E-state index is 10.4. The summed E-state index contributed by atoms with van der Waals surface area (Å²) >= 11 is 0. The van der Waals surface area contributed by atoms with Gasteiger partial charge in [0, 0.05) is 5.92 Å². The number of rotatable bonds is 2. The highest BCUT2D eigenvalue weighted by atomic mass is 16.3. The number of carbonyl (C=O) groups excluding carboxylic acids is 1. The summed E-state index contributed by atoms with van der Waals surface area (Å²) in [5.74, 6) is -0.171. The largest absolute Gasteiger partial charge is 0.393 e. The average Bonchev–Trinajstić information content (AvgIpc) is 1.64. The summed E-state index contributed by atoms with van der Waals surface area (Å²) in [5, 5.41) is 8.77. The molecule has 0 fully saturated rings. The van der Waals surface area contributed by atoms with Gasteiger partial charge in [-0.1, -0.05) is 6.92 Å². The summed E-state index contributed by atoms with van der Waals surface area (Å²) in [6.45, 7) is 4.82. The first-order valence-electron chi connectivity index (χ1n) is 2.74. The molecule has 0 radical (unpaired) electrons. The van der Waals surface area contributed by atoms with Gasteiger partial charge in [-0.05, 0) is 13.8 Å². The molecule has 48 valence electrons. The van der Waals surface area contributed by atoms with Gasteiger partial charge in [-0.3, -0.25) is 4.79 Å². The predicted octanol–water partition coefficient (Wildman–Crippen LogP) is 0.592. The standard InChI is InChI=1S/C6H12O2/c1-4(5(2)7)6(3)8/h4-5,7H,1-3H3. The topological polar surface area (TPSA) is 37.3 Å². The molecule has 0 saturated carbocycles. The molecule has 0 aliphatic carbocycles. The lowest BCUT2D eigenvalue weighted by molar-refractivity contribution is -0.123. The van der Waals surface area contributed by atoms with Crippen LogP contribution in [0.1, 0.15) is 20.8 Å². The first kappa shape index (κ1) is 7.63. The summed E-state index contributed by atoms with van der Waals surface area (Å²) in [6.07, 6.45) is -0.507. The highest BCUT2D eigenvalue weighted by Crippen LogP contribution is 2.01. The van der Waals surface area contributed by atoms with Crippen LogP contribution in [0.15, 0.2) is 0 Å². The van der Waals surface area contributed by atoms with Crippen LogP contribution in [0.25, 0.3) is 0 Å². The maximum absolute atomic E-state index is 10.4. The number of hydrogen-bond acceptors (Lipinski definition) is 2. The molecule has 2 nitrogen and oxygen atoms in total. The molecule has 0 aliphatic heterocycles. The lowest BCUT2D eigenvalue weighted by atomic mass is 10.0. The molecular formula is C6H12O2. The van der Waals surface area contributed by atoms with Crippen LogP contribution in [-0.4, -0.2) is 17.0 Å². The molecule has 0 aromatic heterocycles. The number of aliphatic hydroxyl groups is 1. The number of ketones is 1. The summed E-state index contributed by atoms with van der Waals surface area (Å²) in [5.41, 5.74) is 0. The van der Waals surface area contributed by atoms with Crippen molar-refractivity contribution >= 4 is 5.78 Å². The zero-order valence-corrected chi connectivity index (χ0v) is 5.51. The summed E-state index contributed by atoms with van der Waals surface area (Å²) < 4.78 is 0. The van der Waals surface area contributed by atoms with E-state index < -0.39 is 6.10 Å². The molecular weight excluding hydrogens is 104 g/mol. The van der Waals surface area contributed by atoms with Gasteiger partial charge in [-0.2, -0.15) is 0 Å². The van der Waals surface area contributed by atoms with Gasteiger partial charge in [0.1, 0.15) is 5.78 Å². The molecule has 2 atom stereocenters. The van der Waals surface area contributed by atoms with E-state index in [4.69, 9.17) is 5.11 Å². The predicted molar refractivity (Wildman–Crippen MR) is 31.5 cm³/mol. The zero-order chi connectivity index (χ0) is 6.73. The summed E-state index contributed by atoms with van der Waals surface area (Å²) in [4.78, 5) is 10.4. The zero-order valence-electron chi connectivity index (χ0n) is 5.51. The van der Waals surface area contributed by atoms with Crippen LogP contribution in [0.4, 0.5) is 0 Å². The van der Waals surface area contributed by atoms with E-state index in [-0.39, 0.29) is 11.7 Å². The van der Waals surface area contributed by atoms with Crippen molar-refractivity contribution in [1.82, 2.24) is 0 Å². The van der Waals surface area contributed by atoms with Gasteiger partial charge < -0.3 is 5.11 Å². The smallest absolute Gasteiger partial charge is 0.135 e. The van der Waals surface area contributed by atoms with E-state index in [0.717, 1.165) is 0 Å². The third-order valence-corrected chi connectivity index (χ3v) is 1.36. The lowest BCUT2D eigenvalue weighted by Crippen LogP contribution is -2.19. The molecule has 2 unspecified atom stereocenters. The Morgan fingerprint density at radius 1 is 1.50 bits per heavy atom. The second-order valence-corrected chi connectivity index (χ2v) is 2.14. The van der Waals surface area contributed by atoms with Crippen LogP contribution < -0.4 is 0 Å². The van der Waals surface area contributed by atoms with Crippen LogP contribution in [0, 0.1) is 5.92 Å². The average molecular weight is 116 g/mol. The Morgan fingerprint density at radius 3 is 1.88 bits per heavy atom. The molecule has 0 amide bonds. The Balaban J connectivity index is 3.64. The molecule has 0 heterocycles. The van der Waals surface area contributed by atoms with Gasteiger partial charge in [0.2, 0.25) is 0 Å². The Bertz CT molecular complexity index is 86.5. The fraction of sp³-hybridized carbons (Fsp3) is 0.833. The Kier molecular flexibility index (Phi) is 2.69. The minimum Gasteiger partial charge on any atom is -0.393 e. The number of carbonyl (C=O) groups is 1. The van der Waals surface area contributed by atoms with Gasteiger partial charge in [0.15, 0.2) is 0 Å². The van der Waals surface area contributed by atoms with Crippen molar-refractivity contribution in [2.45, 2.75) is 26.9 Å². The molecule has 8 heavy (non-hydrogen) atoms. The molecule has 2 heteroatoms. The van der Waals surface area contributed by atoms with E-state index in [1.807, 2.05) is 0 Å². The maximum Gasteiger partial charge on any atom is 0.135 e. The fourth-order valence-corrected chi connectivity index (χ4v) is 0.340. The first-order valence-corrected chi connectivity index (χ1v) is 2.74. The summed E-state index contributed by atoms with van der Waals surface area (Å²) in [6, 6.07) is 0. The normalized spacial score (nSPS) is 17.5. The highest BCUT2D eigenvalue weighted by Gasteiger charge is 2.12. The Morgan fingerprint density at radius 2 is 1.88 bits per heavy atom. The Labute approximate surface area is 49.5 Å². The van der Waals surface area contributed by atoms with Gasteiger partial charge >= 0.3 is 0 Å². The minimum absolute atomic E-state index is 0.0417. The SMILES string of the molecule is CC(=O)C(C)C(C)O. The van der Waals surface area contributed by atoms with Crippen LogP contribution >= 0.6 is 0 Å². The molecule has 1 N–H and O–H groups in total. The molecule has 0 rings (SSSR count). The van der Waals surface area contributed by atoms with E-state index in [1.165, 1.54) is 6.92 Å². The monoisotopic (exact) mass is 116 g/mol. The quantitative estimate of drug-likeness (QED) is 0.573. The van der Waals surface area contributed by atoms with Crippen molar-refractivity contribution < 1.29 is 9.90 Å². The highest BCUT2D eigenvalue weighted by molar-refractivity contribution is 5.78. The number of hydrogen-bond donors (Lipinski definition) is 1. The van der Waals surface area contributed by atoms with Gasteiger partial charge in [-0.25, -0.2) is 0 Å².